The summed E-state index contributed by atoms with van der Waals surface area (Å²) in [5.41, 5.74) is 1.12. The first kappa shape index (κ1) is 14.7. The van der Waals surface area contributed by atoms with E-state index in [1.807, 2.05) is 67.1 Å². The Bertz CT molecular complexity index is 681. The highest BCUT2D eigenvalue weighted by Crippen LogP contribution is 2.26. The molecule has 0 radical (unpaired) electrons. The summed E-state index contributed by atoms with van der Waals surface area (Å²) >= 11 is 5.98. The van der Waals surface area contributed by atoms with E-state index in [0.29, 0.717) is 0 Å². The van der Waals surface area contributed by atoms with Gasteiger partial charge in [-0.1, -0.05) is 41.9 Å². The standard InChI is InChI=1S/C18H17ClN2O/c19-16-8-6-15(7-9-16)18(10-12-21-13-11-20-14-21)22-17-4-2-1-3-5-17/h1-9,11,13-14,18H,10,12H2. The molecule has 0 aliphatic heterocycles. The number of rotatable bonds is 6. The number of halogens is 1. The number of ether oxygens (including phenoxy) is 1. The number of imidazole rings is 1. The summed E-state index contributed by atoms with van der Waals surface area (Å²) in [5, 5.41) is 0.733. The van der Waals surface area contributed by atoms with Crippen molar-refractivity contribution in [2.45, 2.75) is 19.1 Å². The lowest BCUT2D eigenvalue weighted by Gasteiger charge is -2.20. The topological polar surface area (TPSA) is 27.1 Å². The van der Waals surface area contributed by atoms with E-state index in [-0.39, 0.29) is 6.10 Å². The van der Waals surface area contributed by atoms with Crippen LogP contribution in [0.2, 0.25) is 5.02 Å². The molecule has 0 aliphatic rings. The second-order valence-electron chi connectivity index (χ2n) is 5.06. The van der Waals surface area contributed by atoms with Gasteiger partial charge in [0.05, 0.1) is 6.33 Å². The van der Waals surface area contributed by atoms with Gasteiger partial charge < -0.3 is 9.30 Å². The van der Waals surface area contributed by atoms with E-state index in [4.69, 9.17) is 16.3 Å². The monoisotopic (exact) mass is 312 g/mol. The van der Waals surface area contributed by atoms with Crippen LogP contribution in [0.3, 0.4) is 0 Å². The molecule has 112 valence electrons. The van der Waals surface area contributed by atoms with Gasteiger partial charge in [0.15, 0.2) is 0 Å². The fourth-order valence-corrected chi connectivity index (χ4v) is 2.45. The van der Waals surface area contributed by atoms with Crippen molar-refractivity contribution >= 4 is 11.6 Å². The van der Waals surface area contributed by atoms with E-state index in [1.54, 1.807) is 6.20 Å². The molecule has 3 nitrogen and oxygen atoms in total. The third-order valence-corrected chi connectivity index (χ3v) is 3.72. The Hall–Kier alpha value is -2.26. The molecule has 0 fully saturated rings. The van der Waals surface area contributed by atoms with Crippen molar-refractivity contribution in [3.63, 3.8) is 0 Å². The zero-order chi connectivity index (χ0) is 15.2. The number of benzene rings is 2. The molecule has 0 amide bonds. The van der Waals surface area contributed by atoms with Crippen LogP contribution in [-0.4, -0.2) is 9.55 Å². The summed E-state index contributed by atoms with van der Waals surface area (Å²) in [6.45, 7) is 0.847. The van der Waals surface area contributed by atoms with Gasteiger partial charge in [0.25, 0.3) is 0 Å². The molecule has 3 aromatic rings. The molecule has 4 heteroatoms. The number of hydrogen-bond acceptors (Lipinski definition) is 2. The molecule has 1 aromatic heterocycles. The maximum Gasteiger partial charge on any atom is 0.125 e. The number of nitrogens with zero attached hydrogens (tertiary/aromatic N) is 2. The van der Waals surface area contributed by atoms with Crippen molar-refractivity contribution in [2.75, 3.05) is 0 Å². The van der Waals surface area contributed by atoms with Crippen molar-refractivity contribution in [2.24, 2.45) is 0 Å². The van der Waals surface area contributed by atoms with E-state index in [0.717, 1.165) is 29.3 Å². The lowest BCUT2D eigenvalue weighted by Crippen LogP contribution is -2.11. The Morgan fingerprint density at radius 3 is 2.50 bits per heavy atom. The van der Waals surface area contributed by atoms with Gasteiger partial charge in [0.2, 0.25) is 0 Å². The molecule has 1 unspecified atom stereocenters. The minimum absolute atomic E-state index is 0.0259. The molecule has 1 atom stereocenters. The number of aromatic nitrogens is 2. The fourth-order valence-electron chi connectivity index (χ4n) is 2.32. The van der Waals surface area contributed by atoms with Crippen molar-refractivity contribution in [1.82, 2.24) is 9.55 Å². The number of para-hydroxylation sites is 1. The minimum atomic E-state index is -0.0259. The average Bonchev–Trinajstić information content (AvgIpc) is 3.07. The third kappa shape index (κ3) is 3.89. The van der Waals surface area contributed by atoms with Gasteiger partial charge in [-0.2, -0.15) is 0 Å². The molecule has 2 aromatic carbocycles. The molecular formula is C18H17ClN2O. The predicted octanol–water partition coefficient (Wildman–Crippen LogP) is 4.75. The summed E-state index contributed by atoms with van der Waals surface area (Å²) in [7, 11) is 0. The molecule has 1 heterocycles. The quantitative estimate of drug-likeness (QED) is 0.657. The summed E-state index contributed by atoms with van der Waals surface area (Å²) in [5.74, 6) is 0.869. The molecule has 0 saturated carbocycles. The molecule has 0 spiro atoms. The minimum Gasteiger partial charge on any atom is -0.486 e. The van der Waals surface area contributed by atoms with Gasteiger partial charge in [0, 0.05) is 30.4 Å². The van der Waals surface area contributed by atoms with Gasteiger partial charge in [0.1, 0.15) is 11.9 Å². The van der Waals surface area contributed by atoms with Crippen LogP contribution < -0.4 is 4.74 Å². The van der Waals surface area contributed by atoms with Crippen LogP contribution in [0.1, 0.15) is 18.1 Å². The van der Waals surface area contributed by atoms with Gasteiger partial charge in [-0.3, -0.25) is 0 Å². The van der Waals surface area contributed by atoms with Crippen molar-refractivity contribution in [3.05, 3.63) is 83.9 Å². The van der Waals surface area contributed by atoms with Crippen LogP contribution in [0.5, 0.6) is 5.75 Å². The second-order valence-corrected chi connectivity index (χ2v) is 5.50. The Morgan fingerprint density at radius 2 is 1.82 bits per heavy atom. The first-order valence-electron chi connectivity index (χ1n) is 7.24. The highest BCUT2D eigenvalue weighted by molar-refractivity contribution is 6.30. The van der Waals surface area contributed by atoms with E-state index in [1.165, 1.54) is 0 Å². The van der Waals surface area contributed by atoms with Crippen LogP contribution in [0.15, 0.2) is 73.3 Å². The molecule has 0 saturated heterocycles. The number of aryl methyl sites for hydroxylation is 1. The Labute approximate surface area is 135 Å². The van der Waals surface area contributed by atoms with E-state index < -0.39 is 0 Å². The van der Waals surface area contributed by atoms with E-state index in [2.05, 4.69) is 9.55 Å². The lowest BCUT2D eigenvalue weighted by molar-refractivity contribution is 0.188. The molecule has 0 bridgehead atoms. The largest absolute Gasteiger partial charge is 0.486 e. The maximum absolute atomic E-state index is 6.16. The normalized spacial score (nSPS) is 12.0. The zero-order valence-electron chi connectivity index (χ0n) is 12.1. The van der Waals surface area contributed by atoms with Gasteiger partial charge in [-0.05, 0) is 29.8 Å². The first-order chi connectivity index (χ1) is 10.8. The highest BCUT2D eigenvalue weighted by Gasteiger charge is 2.13. The SMILES string of the molecule is Clc1ccc(C(CCn2ccnc2)Oc2ccccc2)cc1. The van der Waals surface area contributed by atoms with Crippen LogP contribution in [0, 0.1) is 0 Å². The van der Waals surface area contributed by atoms with Crippen molar-refractivity contribution < 1.29 is 4.74 Å². The van der Waals surface area contributed by atoms with Crippen LogP contribution in [-0.2, 0) is 6.54 Å². The summed E-state index contributed by atoms with van der Waals surface area (Å²) in [6.07, 6.45) is 6.40. The van der Waals surface area contributed by atoms with E-state index >= 15 is 0 Å². The molecule has 0 N–H and O–H groups in total. The van der Waals surface area contributed by atoms with Crippen LogP contribution in [0.4, 0.5) is 0 Å². The number of hydrogen-bond donors (Lipinski definition) is 0. The summed E-state index contributed by atoms with van der Waals surface area (Å²) < 4.78 is 8.21. The Kier molecular flexibility index (Phi) is 4.76. The lowest BCUT2D eigenvalue weighted by atomic mass is 10.1. The molecular weight excluding hydrogens is 296 g/mol. The van der Waals surface area contributed by atoms with Crippen molar-refractivity contribution in [3.8, 4) is 5.75 Å². The molecule has 3 rings (SSSR count). The maximum atomic E-state index is 6.16. The predicted molar refractivity (Wildman–Crippen MR) is 88.1 cm³/mol. The molecule has 0 aliphatic carbocycles. The average molecular weight is 313 g/mol. The van der Waals surface area contributed by atoms with Crippen molar-refractivity contribution in [1.29, 1.82) is 0 Å². The van der Waals surface area contributed by atoms with Gasteiger partial charge in [-0.25, -0.2) is 4.98 Å². The summed E-state index contributed by atoms with van der Waals surface area (Å²) in [4.78, 5) is 4.07. The van der Waals surface area contributed by atoms with Gasteiger partial charge >= 0.3 is 0 Å². The third-order valence-electron chi connectivity index (χ3n) is 3.47. The highest BCUT2D eigenvalue weighted by atomic mass is 35.5. The van der Waals surface area contributed by atoms with Gasteiger partial charge in [-0.15, -0.1) is 0 Å². The van der Waals surface area contributed by atoms with Crippen LogP contribution in [0.25, 0.3) is 0 Å². The van der Waals surface area contributed by atoms with E-state index in [9.17, 15) is 0 Å². The van der Waals surface area contributed by atoms with Crippen LogP contribution >= 0.6 is 11.6 Å². The Morgan fingerprint density at radius 1 is 1.05 bits per heavy atom. The Balaban J connectivity index is 1.76. The smallest absolute Gasteiger partial charge is 0.125 e. The fraction of sp³-hybridized carbons (Fsp3) is 0.167. The first-order valence-corrected chi connectivity index (χ1v) is 7.62. The second kappa shape index (κ2) is 7.14. The summed E-state index contributed by atoms with van der Waals surface area (Å²) in [6, 6.07) is 17.7. The molecule has 22 heavy (non-hydrogen) atoms. The zero-order valence-corrected chi connectivity index (χ0v) is 12.9.